The minimum atomic E-state index is -3.72. The van der Waals surface area contributed by atoms with Crippen LogP contribution in [-0.2, 0) is 10.0 Å². The Kier molecular flexibility index (Phi) is 3.98. The molecule has 3 aromatic rings. The quantitative estimate of drug-likeness (QED) is 0.754. The van der Waals surface area contributed by atoms with E-state index in [0.717, 1.165) is 27.4 Å². The fourth-order valence-corrected chi connectivity index (χ4v) is 5.58. The van der Waals surface area contributed by atoms with Crippen molar-refractivity contribution >= 4 is 59.4 Å². The number of nitrogens with one attached hydrogen (secondary N) is 1. The van der Waals surface area contributed by atoms with E-state index in [1.54, 1.807) is 43.3 Å². The van der Waals surface area contributed by atoms with Crippen LogP contribution in [0, 0.1) is 6.92 Å². The first-order valence-electron chi connectivity index (χ1n) is 6.18. The Morgan fingerprint density at radius 3 is 2.27 bits per heavy atom. The van der Waals surface area contributed by atoms with Crippen molar-refractivity contribution < 1.29 is 8.42 Å². The van der Waals surface area contributed by atoms with Crippen molar-refractivity contribution in [2.75, 3.05) is 4.72 Å². The summed E-state index contributed by atoms with van der Waals surface area (Å²) in [5.74, 6) is 0. The van der Waals surface area contributed by atoms with Crippen molar-refractivity contribution in [3.8, 4) is 0 Å². The molecule has 0 saturated heterocycles. The van der Waals surface area contributed by atoms with E-state index in [1.807, 2.05) is 0 Å². The van der Waals surface area contributed by atoms with Crippen LogP contribution >= 0.6 is 34.3 Å². The van der Waals surface area contributed by atoms with E-state index >= 15 is 0 Å². The molecule has 8 heteroatoms. The Morgan fingerprint density at radius 1 is 1.05 bits per heavy atom. The zero-order valence-electron chi connectivity index (χ0n) is 11.3. The van der Waals surface area contributed by atoms with Gasteiger partial charge in [0.2, 0.25) is 0 Å². The molecule has 0 unspecified atom stereocenters. The fourth-order valence-electron chi connectivity index (χ4n) is 2.02. The van der Waals surface area contributed by atoms with Gasteiger partial charge in [0.1, 0.15) is 0 Å². The number of hydrogen-bond acceptors (Lipinski definition) is 5. The van der Waals surface area contributed by atoms with Gasteiger partial charge in [0.05, 0.1) is 9.60 Å². The van der Waals surface area contributed by atoms with Gasteiger partial charge in [-0.25, -0.2) is 8.42 Å². The van der Waals surface area contributed by atoms with Gasteiger partial charge in [-0.2, -0.15) is 0 Å². The first-order chi connectivity index (χ1) is 10.3. The molecule has 1 heterocycles. The van der Waals surface area contributed by atoms with Gasteiger partial charge in [0.25, 0.3) is 14.1 Å². The summed E-state index contributed by atoms with van der Waals surface area (Å²) in [5, 5.41) is 0.531. The van der Waals surface area contributed by atoms with E-state index in [-0.39, 0.29) is 8.95 Å². The van der Waals surface area contributed by atoms with Crippen LogP contribution in [0.4, 0.5) is 5.69 Å². The van der Waals surface area contributed by atoms with Crippen molar-refractivity contribution in [3.63, 3.8) is 0 Å². The van der Waals surface area contributed by atoms with Crippen LogP contribution in [-0.4, -0.2) is 8.42 Å². The molecule has 0 bridgehead atoms. The van der Waals surface area contributed by atoms with Gasteiger partial charge in [-0.15, -0.1) is 0 Å². The van der Waals surface area contributed by atoms with Gasteiger partial charge in [0.15, 0.2) is 0 Å². The highest BCUT2D eigenvalue weighted by Crippen LogP contribution is 2.29. The molecule has 0 spiro atoms. The number of fused-ring (bicyclic) bond motifs is 1. The number of rotatable bonds is 3. The third kappa shape index (κ3) is 3.03. The van der Waals surface area contributed by atoms with E-state index in [0.29, 0.717) is 21.0 Å². The third-order valence-electron chi connectivity index (χ3n) is 3.01. The Balaban J connectivity index is 2.06. The van der Waals surface area contributed by atoms with Crippen molar-refractivity contribution in [1.82, 2.24) is 0 Å². The lowest BCUT2D eigenvalue weighted by molar-refractivity contribution is 0.601. The molecule has 2 aromatic carbocycles. The summed E-state index contributed by atoms with van der Waals surface area (Å²) >= 11 is 7.97. The fraction of sp³-hybridized carbons (Fsp3) is 0.0714. The summed E-state index contributed by atoms with van der Waals surface area (Å²) in [7, 11) is -3.72. The summed E-state index contributed by atoms with van der Waals surface area (Å²) in [6.07, 6.45) is 0. The SMILES string of the molecule is Cc1cc2sc(=O)sc2cc1S(=O)(=O)Nc1ccc(Cl)cc1. The van der Waals surface area contributed by atoms with E-state index in [1.165, 1.54) is 0 Å². The highest BCUT2D eigenvalue weighted by atomic mass is 35.5. The van der Waals surface area contributed by atoms with Gasteiger partial charge in [-0.05, 0) is 48.9 Å². The maximum atomic E-state index is 12.5. The van der Waals surface area contributed by atoms with Crippen molar-refractivity contribution in [3.05, 3.63) is 55.8 Å². The predicted octanol–water partition coefficient (Wildman–Crippen LogP) is 4.09. The molecule has 0 aliphatic carbocycles. The summed E-state index contributed by atoms with van der Waals surface area (Å²) in [6, 6.07) is 9.69. The minimum Gasteiger partial charge on any atom is -0.280 e. The monoisotopic (exact) mass is 371 g/mol. The largest absolute Gasteiger partial charge is 0.288 e. The summed E-state index contributed by atoms with van der Waals surface area (Å²) in [4.78, 5) is 11.6. The highest BCUT2D eigenvalue weighted by molar-refractivity contribution is 7.92. The molecule has 22 heavy (non-hydrogen) atoms. The number of anilines is 1. The van der Waals surface area contributed by atoms with Gasteiger partial charge in [-0.1, -0.05) is 34.3 Å². The highest BCUT2D eigenvalue weighted by Gasteiger charge is 2.19. The van der Waals surface area contributed by atoms with Crippen molar-refractivity contribution in [2.24, 2.45) is 0 Å². The Bertz CT molecular complexity index is 1000. The molecule has 1 aromatic heterocycles. The van der Waals surface area contributed by atoms with Crippen LogP contribution in [0.3, 0.4) is 0 Å². The molecular formula is C14H10ClNO3S3. The normalized spacial score (nSPS) is 11.7. The lowest BCUT2D eigenvalue weighted by atomic mass is 10.2. The summed E-state index contributed by atoms with van der Waals surface area (Å²) in [5.41, 5.74) is 1.03. The first-order valence-corrected chi connectivity index (χ1v) is 9.67. The van der Waals surface area contributed by atoms with Crippen molar-refractivity contribution in [1.29, 1.82) is 0 Å². The maximum absolute atomic E-state index is 12.5. The standard InChI is InChI=1S/C14H10ClNO3S3/c1-8-6-11-12(21-14(17)20-11)7-13(8)22(18,19)16-10-4-2-9(15)3-5-10/h2-7,16H,1H3. The average molecular weight is 372 g/mol. The van der Waals surface area contributed by atoms with Crippen LogP contribution in [0.2, 0.25) is 5.02 Å². The second-order valence-electron chi connectivity index (χ2n) is 4.63. The molecule has 0 aliphatic rings. The molecule has 4 nitrogen and oxygen atoms in total. The summed E-state index contributed by atoms with van der Waals surface area (Å²) < 4.78 is 29.0. The van der Waals surface area contributed by atoms with Crippen molar-refractivity contribution in [2.45, 2.75) is 11.8 Å². The molecule has 0 radical (unpaired) electrons. The zero-order valence-corrected chi connectivity index (χ0v) is 14.5. The van der Waals surface area contributed by atoms with E-state index in [4.69, 9.17) is 11.6 Å². The van der Waals surface area contributed by atoms with Crippen LogP contribution in [0.1, 0.15) is 5.56 Å². The number of benzene rings is 2. The predicted molar refractivity (Wildman–Crippen MR) is 93.0 cm³/mol. The lowest BCUT2D eigenvalue weighted by Gasteiger charge is -2.10. The number of halogens is 1. The van der Waals surface area contributed by atoms with Gasteiger partial charge in [-0.3, -0.25) is 9.52 Å². The second kappa shape index (κ2) is 5.66. The van der Waals surface area contributed by atoms with E-state index in [2.05, 4.69) is 4.72 Å². The molecule has 0 amide bonds. The first kappa shape index (κ1) is 15.5. The zero-order chi connectivity index (χ0) is 15.9. The molecule has 0 aliphatic heterocycles. The molecular weight excluding hydrogens is 362 g/mol. The third-order valence-corrected chi connectivity index (χ3v) is 6.87. The molecule has 0 atom stereocenters. The Morgan fingerprint density at radius 2 is 1.64 bits per heavy atom. The number of hydrogen-bond donors (Lipinski definition) is 1. The number of aryl methyl sites for hydroxylation is 1. The Labute approximate surface area is 140 Å². The van der Waals surface area contributed by atoms with Crippen LogP contribution < -0.4 is 8.78 Å². The lowest BCUT2D eigenvalue weighted by Crippen LogP contribution is -2.14. The van der Waals surface area contributed by atoms with Crippen LogP contribution in [0.5, 0.6) is 0 Å². The smallest absolute Gasteiger partial charge is 0.280 e. The van der Waals surface area contributed by atoms with Gasteiger partial charge in [0, 0.05) is 15.4 Å². The molecule has 114 valence electrons. The average Bonchev–Trinajstić information content (AvgIpc) is 2.79. The molecule has 0 saturated carbocycles. The maximum Gasteiger partial charge on any atom is 0.288 e. The van der Waals surface area contributed by atoms with Crippen LogP contribution in [0.15, 0.2) is 46.1 Å². The second-order valence-corrected chi connectivity index (χ2v) is 9.01. The van der Waals surface area contributed by atoms with E-state index < -0.39 is 10.0 Å². The van der Waals surface area contributed by atoms with Gasteiger partial charge < -0.3 is 0 Å². The van der Waals surface area contributed by atoms with E-state index in [9.17, 15) is 13.2 Å². The molecule has 3 rings (SSSR count). The summed E-state index contributed by atoms with van der Waals surface area (Å²) in [6.45, 7) is 1.71. The topological polar surface area (TPSA) is 63.2 Å². The van der Waals surface area contributed by atoms with Crippen LogP contribution in [0.25, 0.3) is 9.40 Å². The van der Waals surface area contributed by atoms with Gasteiger partial charge >= 0.3 is 0 Å². The molecule has 0 fully saturated rings. The molecule has 1 N–H and O–H groups in total. The Hall–Kier alpha value is -1.41. The number of sulfonamides is 1. The minimum absolute atomic E-state index is 0.0467.